The number of esters is 1. The summed E-state index contributed by atoms with van der Waals surface area (Å²) in [5.41, 5.74) is 8.71. The van der Waals surface area contributed by atoms with Crippen LogP contribution in [0.15, 0.2) is 30.5 Å². The SMILES string of the molecule is CCn1nccc1CNc1cc(C(=O)OC)ccc1N. The normalized spacial score (nSPS) is 10.3. The van der Waals surface area contributed by atoms with E-state index in [0.29, 0.717) is 23.5 Å². The fraction of sp³-hybridized carbons (Fsp3) is 0.286. The molecule has 2 rings (SSSR count). The molecular formula is C14H18N4O2. The highest BCUT2D eigenvalue weighted by atomic mass is 16.5. The molecule has 0 saturated heterocycles. The van der Waals surface area contributed by atoms with Gasteiger partial charge in [-0.15, -0.1) is 0 Å². The molecule has 0 aliphatic heterocycles. The molecule has 0 atom stereocenters. The molecule has 0 amide bonds. The molecular weight excluding hydrogens is 256 g/mol. The van der Waals surface area contributed by atoms with Gasteiger partial charge in [-0.05, 0) is 31.2 Å². The molecule has 1 aromatic heterocycles. The average Bonchev–Trinajstić information content (AvgIpc) is 2.93. The monoisotopic (exact) mass is 274 g/mol. The molecule has 0 aliphatic rings. The average molecular weight is 274 g/mol. The number of hydrogen-bond donors (Lipinski definition) is 2. The van der Waals surface area contributed by atoms with E-state index in [1.807, 2.05) is 17.7 Å². The van der Waals surface area contributed by atoms with E-state index in [4.69, 9.17) is 10.5 Å². The minimum atomic E-state index is -0.383. The largest absolute Gasteiger partial charge is 0.465 e. The van der Waals surface area contributed by atoms with Crippen molar-refractivity contribution in [2.45, 2.75) is 20.0 Å². The Morgan fingerprint density at radius 2 is 2.25 bits per heavy atom. The Kier molecular flexibility index (Phi) is 4.24. The number of aryl methyl sites for hydroxylation is 1. The number of nitrogens with one attached hydrogen (secondary N) is 1. The van der Waals surface area contributed by atoms with E-state index < -0.39 is 0 Å². The number of methoxy groups -OCH3 is 1. The summed E-state index contributed by atoms with van der Waals surface area (Å²) in [6.07, 6.45) is 1.76. The summed E-state index contributed by atoms with van der Waals surface area (Å²) in [6, 6.07) is 6.96. The third-order valence-electron chi connectivity index (χ3n) is 3.04. The number of carbonyl (C=O) groups is 1. The van der Waals surface area contributed by atoms with Gasteiger partial charge in [0, 0.05) is 12.7 Å². The fourth-order valence-electron chi connectivity index (χ4n) is 1.93. The molecule has 6 nitrogen and oxygen atoms in total. The Hall–Kier alpha value is -2.50. The van der Waals surface area contributed by atoms with E-state index in [2.05, 4.69) is 10.4 Å². The van der Waals surface area contributed by atoms with Gasteiger partial charge in [-0.25, -0.2) is 4.79 Å². The number of nitrogen functional groups attached to an aromatic ring is 1. The van der Waals surface area contributed by atoms with Crippen molar-refractivity contribution in [1.82, 2.24) is 9.78 Å². The molecule has 0 saturated carbocycles. The predicted octanol–water partition coefficient (Wildman–Crippen LogP) is 1.88. The lowest BCUT2D eigenvalue weighted by Gasteiger charge is -2.11. The highest BCUT2D eigenvalue weighted by Gasteiger charge is 2.09. The molecule has 6 heteroatoms. The molecule has 20 heavy (non-hydrogen) atoms. The van der Waals surface area contributed by atoms with Gasteiger partial charge < -0.3 is 15.8 Å². The molecule has 1 heterocycles. The van der Waals surface area contributed by atoms with E-state index in [-0.39, 0.29) is 5.97 Å². The molecule has 106 valence electrons. The summed E-state index contributed by atoms with van der Waals surface area (Å²) in [7, 11) is 1.35. The maximum absolute atomic E-state index is 11.5. The summed E-state index contributed by atoms with van der Waals surface area (Å²) < 4.78 is 6.59. The number of aromatic nitrogens is 2. The Bertz CT molecular complexity index is 607. The van der Waals surface area contributed by atoms with Gasteiger partial charge in [0.1, 0.15) is 0 Å². The van der Waals surface area contributed by atoms with Crippen molar-refractivity contribution < 1.29 is 9.53 Å². The Labute approximate surface area is 117 Å². The number of nitrogens with zero attached hydrogens (tertiary/aromatic N) is 2. The topological polar surface area (TPSA) is 82.2 Å². The highest BCUT2D eigenvalue weighted by molar-refractivity contribution is 5.91. The Balaban J connectivity index is 2.14. The molecule has 0 fully saturated rings. The van der Waals surface area contributed by atoms with Crippen molar-refractivity contribution in [1.29, 1.82) is 0 Å². The Morgan fingerprint density at radius 1 is 1.45 bits per heavy atom. The minimum Gasteiger partial charge on any atom is -0.465 e. The molecule has 3 N–H and O–H groups in total. The number of anilines is 2. The number of carbonyl (C=O) groups excluding carboxylic acids is 1. The van der Waals surface area contributed by atoms with E-state index >= 15 is 0 Å². The summed E-state index contributed by atoms with van der Waals surface area (Å²) in [6.45, 7) is 3.42. The van der Waals surface area contributed by atoms with Crippen molar-refractivity contribution >= 4 is 17.3 Å². The van der Waals surface area contributed by atoms with Gasteiger partial charge in [-0.2, -0.15) is 5.10 Å². The van der Waals surface area contributed by atoms with E-state index in [1.54, 1.807) is 24.4 Å². The van der Waals surface area contributed by atoms with Gasteiger partial charge in [0.25, 0.3) is 0 Å². The standard InChI is InChI=1S/C14H18N4O2/c1-3-18-11(6-7-17-18)9-16-13-8-10(14(19)20-2)4-5-12(13)15/h4-8,16H,3,9,15H2,1-2H3. The molecule has 0 aliphatic carbocycles. The van der Waals surface area contributed by atoms with Gasteiger partial charge >= 0.3 is 5.97 Å². The first-order valence-corrected chi connectivity index (χ1v) is 6.38. The van der Waals surface area contributed by atoms with Crippen LogP contribution in [0.4, 0.5) is 11.4 Å². The molecule has 0 radical (unpaired) electrons. The van der Waals surface area contributed by atoms with Gasteiger partial charge in [-0.1, -0.05) is 0 Å². The van der Waals surface area contributed by atoms with Gasteiger partial charge in [0.15, 0.2) is 0 Å². The predicted molar refractivity (Wildman–Crippen MR) is 77.4 cm³/mol. The molecule has 0 unspecified atom stereocenters. The first-order chi connectivity index (χ1) is 9.65. The number of nitrogens with two attached hydrogens (primary N) is 1. The zero-order valence-electron chi connectivity index (χ0n) is 11.6. The lowest BCUT2D eigenvalue weighted by Crippen LogP contribution is -2.10. The van der Waals surface area contributed by atoms with Crippen LogP contribution in [-0.2, 0) is 17.8 Å². The minimum absolute atomic E-state index is 0.383. The van der Waals surface area contributed by atoms with Crippen LogP contribution >= 0.6 is 0 Å². The molecule has 0 spiro atoms. The number of ether oxygens (including phenoxy) is 1. The van der Waals surface area contributed by atoms with Crippen LogP contribution in [0.25, 0.3) is 0 Å². The van der Waals surface area contributed by atoms with Crippen LogP contribution in [0, 0.1) is 0 Å². The highest BCUT2D eigenvalue weighted by Crippen LogP contribution is 2.21. The molecule has 1 aromatic carbocycles. The van der Waals surface area contributed by atoms with Crippen molar-refractivity contribution in [2.75, 3.05) is 18.2 Å². The first-order valence-electron chi connectivity index (χ1n) is 6.38. The first kappa shape index (κ1) is 13.9. The lowest BCUT2D eigenvalue weighted by molar-refractivity contribution is 0.0601. The number of benzene rings is 1. The van der Waals surface area contributed by atoms with Crippen LogP contribution < -0.4 is 11.1 Å². The summed E-state index contributed by atoms with van der Waals surface area (Å²) in [5, 5.41) is 7.42. The zero-order valence-corrected chi connectivity index (χ0v) is 11.6. The number of hydrogen-bond acceptors (Lipinski definition) is 5. The third kappa shape index (κ3) is 2.90. The van der Waals surface area contributed by atoms with Crippen molar-refractivity contribution in [3.63, 3.8) is 0 Å². The summed E-state index contributed by atoms with van der Waals surface area (Å²) in [5.74, 6) is -0.383. The van der Waals surface area contributed by atoms with E-state index in [1.165, 1.54) is 7.11 Å². The number of rotatable bonds is 5. The van der Waals surface area contributed by atoms with Crippen LogP contribution in [0.2, 0.25) is 0 Å². The third-order valence-corrected chi connectivity index (χ3v) is 3.04. The van der Waals surface area contributed by atoms with Crippen molar-refractivity contribution in [2.24, 2.45) is 0 Å². The van der Waals surface area contributed by atoms with Crippen LogP contribution in [0.1, 0.15) is 23.0 Å². The second-order valence-electron chi connectivity index (χ2n) is 4.29. The van der Waals surface area contributed by atoms with Gasteiger partial charge in [0.05, 0.1) is 36.3 Å². The van der Waals surface area contributed by atoms with Crippen molar-refractivity contribution in [3.05, 3.63) is 41.7 Å². The van der Waals surface area contributed by atoms with Crippen LogP contribution in [0.3, 0.4) is 0 Å². The second kappa shape index (κ2) is 6.10. The van der Waals surface area contributed by atoms with Gasteiger partial charge in [0.2, 0.25) is 0 Å². The zero-order chi connectivity index (χ0) is 14.5. The summed E-state index contributed by atoms with van der Waals surface area (Å²) >= 11 is 0. The summed E-state index contributed by atoms with van der Waals surface area (Å²) in [4.78, 5) is 11.5. The molecule has 2 aromatic rings. The van der Waals surface area contributed by atoms with Gasteiger partial charge in [-0.3, -0.25) is 4.68 Å². The fourth-order valence-corrected chi connectivity index (χ4v) is 1.93. The van der Waals surface area contributed by atoms with Crippen LogP contribution in [0.5, 0.6) is 0 Å². The quantitative estimate of drug-likeness (QED) is 0.642. The maximum Gasteiger partial charge on any atom is 0.337 e. The van der Waals surface area contributed by atoms with Crippen LogP contribution in [-0.4, -0.2) is 22.9 Å². The van der Waals surface area contributed by atoms with Crippen molar-refractivity contribution in [3.8, 4) is 0 Å². The van der Waals surface area contributed by atoms with E-state index in [9.17, 15) is 4.79 Å². The Morgan fingerprint density at radius 3 is 2.95 bits per heavy atom. The maximum atomic E-state index is 11.5. The van der Waals surface area contributed by atoms with E-state index in [0.717, 1.165) is 12.2 Å². The second-order valence-corrected chi connectivity index (χ2v) is 4.29. The smallest absolute Gasteiger partial charge is 0.337 e. The molecule has 0 bridgehead atoms. The lowest BCUT2D eigenvalue weighted by atomic mass is 10.1.